The second-order valence-corrected chi connectivity index (χ2v) is 9.57. The highest BCUT2D eigenvalue weighted by molar-refractivity contribution is 9.10. The van der Waals surface area contributed by atoms with Gasteiger partial charge in [-0.25, -0.2) is 8.42 Å². The van der Waals surface area contributed by atoms with Crippen molar-refractivity contribution in [2.24, 2.45) is 0 Å². The predicted octanol–water partition coefficient (Wildman–Crippen LogP) is 3.19. The molecule has 2 aromatic carbocycles. The van der Waals surface area contributed by atoms with Crippen molar-refractivity contribution in [1.82, 2.24) is 4.90 Å². The second-order valence-electron chi connectivity index (χ2n) is 6.42. The zero-order valence-corrected chi connectivity index (χ0v) is 16.6. The smallest absolute Gasteiger partial charge is 0.269 e. The Morgan fingerprint density at radius 1 is 1.22 bits per heavy atom. The molecule has 0 saturated carbocycles. The molecule has 0 N–H and O–H groups in total. The van der Waals surface area contributed by atoms with Crippen LogP contribution in [0.25, 0.3) is 0 Å². The fraction of sp³-hybridized carbons (Fsp3) is 0.278. The Kier molecular flexibility index (Phi) is 5.61. The van der Waals surface area contributed by atoms with Crippen molar-refractivity contribution < 1.29 is 18.1 Å². The molecule has 3 rings (SSSR count). The average Bonchev–Trinajstić information content (AvgIpc) is 2.99. The van der Waals surface area contributed by atoms with Crippen LogP contribution in [0.15, 0.2) is 53.0 Å². The normalized spacial score (nSPS) is 18.2. The molecule has 0 aromatic heterocycles. The molecule has 0 spiro atoms. The lowest BCUT2D eigenvalue weighted by Crippen LogP contribution is -2.40. The molecule has 9 heteroatoms. The number of halogens is 1. The van der Waals surface area contributed by atoms with Gasteiger partial charge in [0.15, 0.2) is 9.84 Å². The topological polar surface area (TPSA) is 97.6 Å². The lowest BCUT2D eigenvalue weighted by Gasteiger charge is -2.28. The summed E-state index contributed by atoms with van der Waals surface area (Å²) in [7, 11) is -3.17. The Bertz CT molecular complexity index is 976. The van der Waals surface area contributed by atoms with Gasteiger partial charge < -0.3 is 4.90 Å². The highest BCUT2D eigenvalue weighted by Gasteiger charge is 2.35. The number of nitro benzene ring substituents is 1. The number of carbonyl (C=O) groups excluding carboxylic acids is 1. The van der Waals surface area contributed by atoms with E-state index in [1.807, 2.05) is 24.3 Å². The average molecular weight is 453 g/mol. The van der Waals surface area contributed by atoms with Gasteiger partial charge in [0.2, 0.25) is 0 Å². The van der Waals surface area contributed by atoms with Gasteiger partial charge in [-0.05, 0) is 36.2 Å². The summed E-state index contributed by atoms with van der Waals surface area (Å²) in [6.07, 6.45) is 0.384. The Hall–Kier alpha value is -2.26. The van der Waals surface area contributed by atoms with E-state index in [0.29, 0.717) is 12.0 Å². The van der Waals surface area contributed by atoms with Crippen LogP contribution in [0.2, 0.25) is 0 Å². The zero-order valence-electron chi connectivity index (χ0n) is 14.2. The number of non-ortho nitro benzene ring substituents is 1. The van der Waals surface area contributed by atoms with E-state index < -0.39 is 20.8 Å². The molecule has 1 aliphatic rings. The monoisotopic (exact) mass is 452 g/mol. The van der Waals surface area contributed by atoms with E-state index in [4.69, 9.17) is 0 Å². The van der Waals surface area contributed by atoms with Crippen molar-refractivity contribution in [3.8, 4) is 0 Å². The summed E-state index contributed by atoms with van der Waals surface area (Å²) in [5, 5.41) is 10.8. The summed E-state index contributed by atoms with van der Waals surface area (Å²) in [6.45, 7) is 0.259. The van der Waals surface area contributed by atoms with Crippen LogP contribution in [0.1, 0.15) is 22.3 Å². The van der Waals surface area contributed by atoms with E-state index in [1.165, 1.54) is 24.3 Å². The van der Waals surface area contributed by atoms with Gasteiger partial charge in [0.1, 0.15) is 0 Å². The first-order chi connectivity index (χ1) is 12.7. The lowest BCUT2D eigenvalue weighted by molar-refractivity contribution is -0.384. The predicted molar refractivity (Wildman–Crippen MR) is 104 cm³/mol. The summed E-state index contributed by atoms with van der Waals surface area (Å²) in [4.78, 5) is 24.9. The highest BCUT2D eigenvalue weighted by Crippen LogP contribution is 2.24. The number of sulfone groups is 1. The number of hydrogen-bond donors (Lipinski definition) is 0. The molecule has 1 saturated heterocycles. The van der Waals surface area contributed by atoms with Gasteiger partial charge in [-0.2, -0.15) is 0 Å². The number of amides is 1. The fourth-order valence-electron chi connectivity index (χ4n) is 3.11. The van der Waals surface area contributed by atoms with Gasteiger partial charge in [0.25, 0.3) is 11.6 Å². The van der Waals surface area contributed by atoms with Crippen molar-refractivity contribution in [3.63, 3.8) is 0 Å². The molecule has 1 heterocycles. The molecule has 0 bridgehead atoms. The largest absolute Gasteiger partial charge is 0.330 e. The van der Waals surface area contributed by atoms with E-state index in [9.17, 15) is 23.3 Å². The molecule has 2 aromatic rings. The van der Waals surface area contributed by atoms with E-state index in [1.54, 1.807) is 4.90 Å². The molecule has 0 unspecified atom stereocenters. The van der Waals surface area contributed by atoms with Crippen molar-refractivity contribution in [1.29, 1.82) is 0 Å². The number of benzene rings is 2. The summed E-state index contributed by atoms with van der Waals surface area (Å²) < 4.78 is 24.7. The van der Waals surface area contributed by atoms with Crippen LogP contribution in [-0.2, 0) is 16.4 Å². The molecule has 1 amide bonds. The van der Waals surface area contributed by atoms with E-state index >= 15 is 0 Å². The molecule has 7 nitrogen and oxygen atoms in total. The van der Waals surface area contributed by atoms with Crippen LogP contribution in [0.4, 0.5) is 5.69 Å². The minimum atomic E-state index is -3.17. The standard InChI is InChI=1S/C18H17BrN2O5S/c19-15-3-1-2-13(10-15)11-20(17-8-9-27(25,26)12-17)18(22)14-4-6-16(7-5-14)21(23)24/h1-7,10,17H,8-9,11-12H2/t17-/m0/s1. The number of hydrogen-bond acceptors (Lipinski definition) is 5. The zero-order chi connectivity index (χ0) is 19.6. The molecule has 142 valence electrons. The summed E-state index contributed by atoms with van der Waals surface area (Å²) >= 11 is 3.39. The first-order valence-electron chi connectivity index (χ1n) is 8.25. The number of carbonyl (C=O) groups is 1. The Balaban J connectivity index is 1.90. The Morgan fingerprint density at radius 2 is 1.93 bits per heavy atom. The second kappa shape index (κ2) is 7.77. The minimum absolute atomic E-state index is 0.0557. The molecule has 1 fully saturated rings. The van der Waals surface area contributed by atoms with E-state index in [0.717, 1.165) is 10.0 Å². The van der Waals surface area contributed by atoms with Gasteiger partial charge in [-0.15, -0.1) is 0 Å². The van der Waals surface area contributed by atoms with Gasteiger partial charge in [-0.3, -0.25) is 14.9 Å². The minimum Gasteiger partial charge on any atom is -0.330 e. The van der Waals surface area contributed by atoms with Gasteiger partial charge in [-0.1, -0.05) is 28.1 Å². The van der Waals surface area contributed by atoms with Crippen molar-refractivity contribution in [3.05, 3.63) is 74.2 Å². The van der Waals surface area contributed by atoms with Crippen LogP contribution >= 0.6 is 15.9 Å². The molecule has 27 heavy (non-hydrogen) atoms. The summed E-state index contributed by atoms with van der Waals surface area (Å²) in [6, 6.07) is 12.4. The van der Waals surface area contributed by atoms with Crippen molar-refractivity contribution in [2.45, 2.75) is 19.0 Å². The van der Waals surface area contributed by atoms with Gasteiger partial charge >= 0.3 is 0 Å². The number of rotatable bonds is 5. The molecular weight excluding hydrogens is 436 g/mol. The summed E-state index contributed by atoms with van der Waals surface area (Å²) in [5.74, 6) is -0.355. The summed E-state index contributed by atoms with van der Waals surface area (Å²) in [5.41, 5.74) is 1.05. The lowest BCUT2D eigenvalue weighted by atomic mass is 10.1. The van der Waals surface area contributed by atoms with Crippen molar-refractivity contribution in [2.75, 3.05) is 11.5 Å². The highest BCUT2D eigenvalue weighted by atomic mass is 79.9. The first-order valence-corrected chi connectivity index (χ1v) is 10.9. The van der Waals surface area contributed by atoms with E-state index in [2.05, 4.69) is 15.9 Å². The maximum Gasteiger partial charge on any atom is 0.269 e. The van der Waals surface area contributed by atoms with E-state index in [-0.39, 0.29) is 29.6 Å². The van der Waals surface area contributed by atoms with Crippen LogP contribution in [-0.4, -0.2) is 41.7 Å². The van der Waals surface area contributed by atoms with Gasteiger partial charge in [0, 0.05) is 34.8 Å². The maximum atomic E-state index is 13.1. The Labute approximate surface area is 165 Å². The van der Waals surface area contributed by atoms with Crippen LogP contribution < -0.4 is 0 Å². The first kappa shape index (κ1) is 19.5. The number of nitro groups is 1. The third-order valence-corrected chi connectivity index (χ3v) is 6.72. The van der Waals surface area contributed by atoms with Crippen LogP contribution in [0.5, 0.6) is 0 Å². The fourth-order valence-corrected chi connectivity index (χ4v) is 5.29. The SMILES string of the molecule is O=C(c1ccc([N+](=O)[O-])cc1)N(Cc1cccc(Br)c1)[C@H]1CCS(=O)(=O)C1. The third kappa shape index (κ3) is 4.72. The molecule has 0 aliphatic carbocycles. The quantitative estimate of drug-likeness (QED) is 0.512. The third-order valence-electron chi connectivity index (χ3n) is 4.48. The van der Waals surface area contributed by atoms with Crippen LogP contribution in [0.3, 0.4) is 0 Å². The molecule has 1 atom stereocenters. The van der Waals surface area contributed by atoms with Crippen molar-refractivity contribution >= 4 is 37.4 Å². The molecule has 1 aliphatic heterocycles. The maximum absolute atomic E-state index is 13.1. The molecular formula is C18H17BrN2O5S. The van der Waals surface area contributed by atoms with Gasteiger partial charge in [0.05, 0.1) is 16.4 Å². The molecule has 0 radical (unpaired) electrons. The van der Waals surface area contributed by atoms with Crippen LogP contribution in [0, 0.1) is 10.1 Å². The Morgan fingerprint density at radius 3 is 2.48 bits per heavy atom. The number of nitrogens with zero attached hydrogens (tertiary/aromatic N) is 2.